The molecular formula is C10H16ClN3O. The van der Waals surface area contributed by atoms with Crippen molar-refractivity contribution in [2.45, 2.75) is 32.7 Å². The van der Waals surface area contributed by atoms with Gasteiger partial charge >= 0.3 is 0 Å². The second-order valence-corrected chi connectivity index (χ2v) is 3.58. The van der Waals surface area contributed by atoms with Gasteiger partial charge in [0.2, 0.25) is 0 Å². The first kappa shape index (κ1) is 12.2. The van der Waals surface area contributed by atoms with Crippen molar-refractivity contribution in [2.24, 2.45) is 0 Å². The van der Waals surface area contributed by atoms with Crippen LogP contribution in [0.4, 0.5) is 0 Å². The number of hydrogen-bond acceptors (Lipinski definition) is 4. The van der Waals surface area contributed by atoms with Crippen LogP contribution in [0.25, 0.3) is 5.57 Å². The molecule has 0 saturated carbocycles. The van der Waals surface area contributed by atoms with Gasteiger partial charge in [0.05, 0.1) is 6.04 Å². The third-order valence-corrected chi connectivity index (χ3v) is 2.58. The van der Waals surface area contributed by atoms with E-state index in [2.05, 4.69) is 15.5 Å². The molecule has 1 aromatic rings. The Labute approximate surface area is 95.5 Å². The highest BCUT2D eigenvalue weighted by molar-refractivity contribution is 5.85. The Morgan fingerprint density at radius 1 is 1.60 bits per heavy atom. The monoisotopic (exact) mass is 229 g/mol. The van der Waals surface area contributed by atoms with Crippen LogP contribution in [-0.2, 0) is 0 Å². The summed E-state index contributed by atoms with van der Waals surface area (Å²) in [5.41, 5.74) is 1.03. The summed E-state index contributed by atoms with van der Waals surface area (Å²) in [6.45, 7) is 4.99. The molecule has 1 aliphatic rings. The van der Waals surface area contributed by atoms with Crippen molar-refractivity contribution in [3.8, 4) is 0 Å². The summed E-state index contributed by atoms with van der Waals surface area (Å²) < 4.78 is 5.16. The highest BCUT2D eigenvalue weighted by atomic mass is 35.5. The molecule has 0 radical (unpaired) electrons. The largest absolute Gasteiger partial charge is 0.334 e. The molecule has 4 nitrogen and oxygen atoms in total. The van der Waals surface area contributed by atoms with Crippen LogP contribution in [0.15, 0.2) is 10.6 Å². The summed E-state index contributed by atoms with van der Waals surface area (Å²) in [5.74, 6) is 1.43. The summed E-state index contributed by atoms with van der Waals surface area (Å²) in [6, 6.07) is 0.289. The molecule has 15 heavy (non-hydrogen) atoms. The van der Waals surface area contributed by atoms with Gasteiger partial charge < -0.3 is 9.84 Å². The number of allylic oxidation sites excluding steroid dienone is 2. The first-order valence-electron chi connectivity index (χ1n) is 5.01. The van der Waals surface area contributed by atoms with Crippen LogP contribution in [0.5, 0.6) is 0 Å². The molecular weight excluding hydrogens is 214 g/mol. The zero-order chi connectivity index (χ0) is 9.97. The maximum atomic E-state index is 5.16. The Bertz CT molecular complexity index is 342. The molecule has 0 bridgehead atoms. The van der Waals surface area contributed by atoms with Gasteiger partial charge in [0, 0.05) is 5.57 Å². The number of aromatic nitrogens is 2. The first-order chi connectivity index (χ1) is 6.81. The van der Waals surface area contributed by atoms with E-state index in [1.165, 1.54) is 6.42 Å². The quantitative estimate of drug-likeness (QED) is 0.846. The Balaban J connectivity index is 0.00000112. The fourth-order valence-corrected chi connectivity index (χ4v) is 1.56. The molecule has 2 heterocycles. The smallest absolute Gasteiger partial charge is 0.253 e. The van der Waals surface area contributed by atoms with Gasteiger partial charge in [-0.25, -0.2) is 0 Å². The number of halogens is 1. The Morgan fingerprint density at radius 2 is 2.40 bits per heavy atom. The maximum absolute atomic E-state index is 5.16. The molecule has 0 amide bonds. The standard InChI is InChI=1S/C10H15N3O.ClH/c1-3-7(2)10-12-9(13-14-10)8-5-4-6-11-8;/h3,8,11H,4-6H2,1-2H3;1H/b7-3-;. The van der Waals surface area contributed by atoms with Gasteiger partial charge in [-0.2, -0.15) is 4.98 Å². The Kier molecular flexibility index (Phi) is 4.29. The second-order valence-electron chi connectivity index (χ2n) is 3.58. The van der Waals surface area contributed by atoms with Crippen molar-refractivity contribution in [3.05, 3.63) is 17.8 Å². The average molecular weight is 230 g/mol. The van der Waals surface area contributed by atoms with E-state index in [0.717, 1.165) is 24.4 Å². The number of rotatable bonds is 2. The van der Waals surface area contributed by atoms with E-state index in [0.29, 0.717) is 5.89 Å². The SMILES string of the molecule is C/C=C(/C)c1nc(C2CCCN2)no1.Cl. The molecule has 1 aliphatic heterocycles. The van der Waals surface area contributed by atoms with E-state index >= 15 is 0 Å². The lowest BCUT2D eigenvalue weighted by Crippen LogP contribution is -2.14. The molecule has 0 aromatic carbocycles. The molecule has 1 atom stereocenters. The zero-order valence-electron chi connectivity index (χ0n) is 8.99. The average Bonchev–Trinajstić information content (AvgIpc) is 2.86. The van der Waals surface area contributed by atoms with Gasteiger partial charge in [-0.05, 0) is 33.2 Å². The van der Waals surface area contributed by atoms with Crippen LogP contribution in [0.1, 0.15) is 44.4 Å². The van der Waals surface area contributed by atoms with Crippen LogP contribution in [0.2, 0.25) is 0 Å². The molecule has 0 aliphatic carbocycles. The highest BCUT2D eigenvalue weighted by Gasteiger charge is 2.21. The third-order valence-electron chi connectivity index (χ3n) is 2.58. The highest BCUT2D eigenvalue weighted by Crippen LogP contribution is 2.21. The van der Waals surface area contributed by atoms with E-state index in [4.69, 9.17) is 4.52 Å². The summed E-state index contributed by atoms with van der Waals surface area (Å²) in [5, 5.41) is 7.32. The Morgan fingerprint density at radius 3 is 3.00 bits per heavy atom. The van der Waals surface area contributed by atoms with E-state index in [9.17, 15) is 0 Å². The lowest BCUT2D eigenvalue weighted by molar-refractivity contribution is 0.392. The van der Waals surface area contributed by atoms with Gasteiger partial charge in [0.15, 0.2) is 5.82 Å². The van der Waals surface area contributed by atoms with E-state index < -0.39 is 0 Å². The minimum absolute atomic E-state index is 0. The second kappa shape index (κ2) is 5.28. The molecule has 2 rings (SSSR count). The fourth-order valence-electron chi connectivity index (χ4n) is 1.56. The third kappa shape index (κ3) is 2.58. The molecule has 0 spiro atoms. The predicted octanol–water partition coefficient (Wildman–Crippen LogP) is 2.34. The van der Waals surface area contributed by atoms with Crippen molar-refractivity contribution in [1.29, 1.82) is 0 Å². The van der Waals surface area contributed by atoms with Crippen LogP contribution in [-0.4, -0.2) is 16.7 Å². The van der Waals surface area contributed by atoms with E-state index in [1.807, 2.05) is 19.9 Å². The molecule has 1 unspecified atom stereocenters. The zero-order valence-corrected chi connectivity index (χ0v) is 9.80. The number of nitrogens with zero attached hydrogens (tertiary/aromatic N) is 2. The summed E-state index contributed by atoms with van der Waals surface area (Å²) in [4.78, 5) is 4.35. The summed E-state index contributed by atoms with van der Waals surface area (Å²) in [7, 11) is 0. The van der Waals surface area contributed by atoms with Crippen molar-refractivity contribution in [1.82, 2.24) is 15.5 Å². The van der Waals surface area contributed by atoms with Crippen molar-refractivity contribution >= 4 is 18.0 Å². The summed E-state index contributed by atoms with van der Waals surface area (Å²) >= 11 is 0. The van der Waals surface area contributed by atoms with Crippen LogP contribution >= 0.6 is 12.4 Å². The molecule has 1 N–H and O–H groups in total. The topological polar surface area (TPSA) is 51.0 Å². The minimum Gasteiger partial charge on any atom is -0.334 e. The maximum Gasteiger partial charge on any atom is 0.253 e. The van der Waals surface area contributed by atoms with Gasteiger partial charge in [-0.1, -0.05) is 11.2 Å². The van der Waals surface area contributed by atoms with E-state index in [1.54, 1.807) is 0 Å². The lowest BCUT2D eigenvalue weighted by atomic mass is 10.2. The molecule has 5 heteroatoms. The lowest BCUT2D eigenvalue weighted by Gasteiger charge is -2.01. The number of nitrogens with one attached hydrogen (secondary N) is 1. The molecule has 84 valence electrons. The minimum atomic E-state index is 0. The van der Waals surface area contributed by atoms with Gasteiger partial charge in [0.1, 0.15) is 0 Å². The fraction of sp³-hybridized carbons (Fsp3) is 0.600. The first-order valence-corrected chi connectivity index (χ1v) is 5.01. The predicted molar refractivity (Wildman–Crippen MR) is 60.8 cm³/mol. The van der Waals surface area contributed by atoms with Crippen LogP contribution in [0.3, 0.4) is 0 Å². The van der Waals surface area contributed by atoms with Gasteiger partial charge in [-0.15, -0.1) is 12.4 Å². The molecule has 1 aromatic heterocycles. The normalized spacial score (nSPS) is 21.5. The molecule has 1 saturated heterocycles. The molecule has 1 fully saturated rings. The van der Waals surface area contributed by atoms with E-state index in [-0.39, 0.29) is 18.4 Å². The van der Waals surface area contributed by atoms with Gasteiger partial charge in [-0.3, -0.25) is 0 Å². The van der Waals surface area contributed by atoms with Gasteiger partial charge in [0.25, 0.3) is 5.89 Å². The van der Waals surface area contributed by atoms with Crippen molar-refractivity contribution in [2.75, 3.05) is 6.54 Å². The Hall–Kier alpha value is -0.870. The van der Waals surface area contributed by atoms with Crippen molar-refractivity contribution in [3.63, 3.8) is 0 Å². The van der Waals surface area contributed by atoms with Crippen LogP contribution in [0, 0.1) is 0 Å². The number of hydrogen-bond donors (Lipinski definition) is 1. The van der Waals surface area contributed by atoms with Crippen LogP contribution < -0.4 is 5.32 Å². The summed E-state index contributed by atoms with van der Waals surface area (Å²) in [6.07, 6.45) is 4.27. The van der Waals surface area contributed by atoms with Crippen molar-refractivity contribution < 1.29 is 4.52 Å².